The van der Waals surface area contributed by atoms with Gasteiger partial charge in [0.15, 0.2) is 5.11 Å². The van der Waals surface area contributed by atoms with E-state index in [9.17, 15) is 44.4 Å². The number of carboxylic acids is 5. The second-order valence-corrected chi connectivity index (χ2v) is 12.1. The Labute approximate surface area is 284 Å². The Balaban J connectivity index is 2.20. The number of hydrogen-bond acceptors (Lipinski definition) is 11. The number of rotatable bonds is 17. The second kappa shape index (κ2) is 21.1. The molecular weight excluding hydrogens is 650 g/mol. The molecule has 1 heterocycles. The first kappa shape index (κ1) is 40.2. The fraction of sp³-hybridized carbons (Fsp3) is 0.600. The summed E-state index contributed by atoms with van der Waals surface area (Å²) < 4.78 is 0. The molecule has 1 fully saturated rings. The van der Waals surface area contributed by atoms with Crippen molar-refractivity contribution < 1.29 is 49.5 Å². The molecule has 0 aliphatic carbocycles. The highest BCUT2D eigenvalue weighted by molar-refractivity contribution is 7.80. The Hall–Kier alpha value is -3.94. The van der Waals surface area contributed by atoms with Crippen LogP contribution in [0.25, 0.3) is 0 Å². The third-order valence-corrected chi connectivity index (χ3v) is 8.04. The summed E-state index contributed by atoms with van der Waals surface area (Å²) in [5.41, 5.74) is 7.05. The van der Waals surface area contributed by atoms with Crippen molar-refractivity contribution in [2.24, 2.45) is 5.73 Å². The van der Waals surface area contributed by atoms with Gasteiger partial charge < -0.3 is 41.9 Å². The fourth-order valence-electron chi connectivity index (χ4n) is 5.34. The molecule has 1 aliphatic rings. The number of benzene rings is 1. The standard InChI is InChI=1S/C30H47N7O10S/c31-24(29(46)47)3-1-2-8-32-30(48)33-22-6-4-21(5-7-22)15-23-16-36(19-27(42)43)12-11-34(17-25(38)39)9-10-35(18-26(40)41)13-14-37(23)20-28(44)45/h4-7,23-24H,1-3,8-20,31H2,(H,38,39)(H,40,41)(H,42,43)(H,44,45)(H,46,47)(H2,32,33,48)/t23?,24-/m0/s1. The summed E-state index contributed by atoms with van der Waals surface area (Å²) in [6.45, 7) is 0.708. The average molecular weight is 698 g/mol. The van der Waals surface area contributed by atoms with E-state index in [1.165, 1.54) is 0 Å². The molecule has 0 aromatic heterocycles. The predicted octanol–water partition coefficient (Wildman–Crippen LogP) is -0.974. The van der Waals surface area contributed by atoms with Crippen LogP contribution in [0.15, 0.2) is 24.3 Å². The lowest BCUT2D eigenvalue weighted by molar-refractivity contribution is -0.142. The molecule has 0 bridgehead atoms. The van der Waals surface area contributed by atoms with Crippen molar-refractivity contribution >= 4 is 52.9 Å². The van der Waals surface area contributed by atoms with E-state index < -0.39 is 41.9 Å². The monoisotopic (exact) mass is 697 g/mol. The molecule has 1 aromatic rings. The van der Waals surface area contributed by atoms with Gasteiger partial charge in [-0.15, -0.1) is 0 Å². The zero-order valence-electron chi connectivity index (χ0n) is 26.8. The average Bonchev–Trinajstić information content (AvgIpc) is 2.98. The molecule has 2 atom stereocenters. The number of aliphatic carboxylic acids is 5. The van der Waals surface area contributed by atoms with Crippen LogP contribution in [-0.4, -0.2) is 171 Å². The number of carbonyl (C=O) groups is 5. The van der Waals surface area contributed by atoms with Gasteiger partial charge in [-0.2, -0.15) is 0 Å². The summed E-state index contributed by atoms with van der Waals surface area (Å²) in [6, 6.07) is 5.94. The minimum Gasteiger partial charge on any atom is -0.480 e. The molecular formula is C30H47N7O10S. The van der Waals surface area contributed by atoms with E-state index in [-0.39, 0.29) is 72.0 Å². The Morgan fingerprint density at radius 3 is 1.77 bits per heavy atom. The highest BCUT2D eigenvalue weighted by Crippen LogP contribution is 2.16. The molecule has 9 N–H and O–H groups in total. The van der Waals surface area contributed by atoms with Gasteiger partial charge in [0, 0.05) is 64.1 Å². The van der Waals surface area contributed by atoms with Crippen LogP contribution < -0.4 is 16.4 Å². The van der Waals surface area contributed by atoms with Gasteiger partial charge in [-0.1, -0.05) is 12.1 Å². The number of nitrogens with zero attached hydrogens (tertiary/aromatic N) is 4. The number of carboxylic acid groups (broad SMARTS) is 5. The van der Waals surface area contributed by atoms with Crippen LogP contribution >= 0.6 is 12.2 Å². The molecule has 1 unspecified atom stereocenters. The molecule has 1 aromatic carbocycles. The summed E-state index contributed by atoms with van der Waals surface area (Å²) in [4.78, 5) is 64.3. The first-order valence-corrected chi connectivity index (χ1v) is 16.0. The summed E-state index contributed by atoms with van der Waals surface area (Å²) in [5.74, 6) is -5.32. The normalized spacial score (nSPS) is 18.1. The van der Waals surface area contributed by atoms with Gasteiger partial charge in [0.1, 0.15) is 6.04 Å². The van der Waals surface area contributed by atoms with Gasteiger partial charge in [-0.05, 0) is 55.6 Å². The van der Waals surface area contributed by atoms with Crippen molar-refractivity contribution in [3.63, 3.8) is 0 Å². The smallest absolute Gasteiger partial charge is 0.320 e. The topological polar surface area (TPSA) is 250 Å². The van der Waals surface area contributed by atoms with Crippen molar-refractivity contribution in [2.75, 3.05) is 83.9 Å². The summed E-state index contributed by atoms with van der Waals surface area (Å²) in [5, 5.41) is 53.6. The van der Waals surface area contributed by atoms with Gasteiger partial charge in [-0.25, -0.2) is 0 Å². The van der Waals surface area contributed by atoms with Crippen molar-refractivity contribution in [2.45, 2.75) is 37.8 Å². The summed E-state index contributed by atoms with van der Waals surface area (Å²) in [6.07, 6.45) is 2.02. The maximum Gasteiger partial charge on any atom is 0.320 e. The van der Waals surface area contributed by atoms with Crippen molar-refractivity contribution in [3.8, 4) is 0 Å². The zero-order chi connectivity index (χ0) is 35.6. The quantitative estimate of drug-likeness (QED) is 0.0720. The van der Waals surface area contributed by atoms with Crippen LogP contribution in [0.1, 0.15) is 24.8 Å². The molecule has 1 aliphatic heterocycles. The summed E-state index contributed by atoms with van der Waals surface area (Å²) in [7, 11) is 0. The van der Waals surface area contributed by atoms with E-state index in [4.69, 9.17) is 23.1 Å². The Bertz CT molecular complexity index is 1240. The third kappa shape index (κ3) is 16.8. The maximum absolute atomic E-state index is 11.9. The van der Waals surface area contributed by atoms with Crippen molar-refractivity contribution in [1.29, 1.82) is 0 Å². The number of nitrogens with one attached hydrogen (secondary N) is 2. The van der Waals surface area contributed by atoms with Crippen LogP contribution in [-0.2, 0) is 30.4 Å². The van der Waals surface area contributed by atoms with Gasteiger partial charge in [-0.3, -0.25) is 43.6 Å². The first-order chi connectivity index (χ1) is 22.7. The second-order valence-electron chi connectivity index (χ2n) is 11.7. The van der Waals surface area contributed by atoms with Crippen LogP contribution in [0.3, 0.4) is 0 Å². The van der Waals surface area contributed by atoms with E-state index in [1.54, 1.807) is 31.7 Å². The van der Waals surface area contributed by atoms with E-state index in [0.29, 0.717) is 43.0 Å². The highest BCUT2D eigenvalue weighted by atomic mass is 32.1. The molecule has 1 saturated heterocycles. The number of thiocarbonyl (C=S) groups is 1. The Morgan fingerprint density at radius 1 is 0.750 bits per heavy atom. The van der Waals surface area contributed by atoms with E-state index in [0.717, 1.165) is 5.56 Å². The minimum absolute atomic E-state index is 0.171. The lowest BCUT2D eigenvalue weighted by Crippen LogP contribution is -2.53. The highest BCUT2D eigenvalue weighted by Gasteiger charge is 2.27. The maximum atomic E-state index is 11.9. The molecule has 0 radical (unpaired) electrons. The van der Waals surface area contributed by atoms with Gasteiger partial charge in [0.05, 0.1) is 26.2 Å². The molecule has 17 nitrogen and oxygen atoms in total. The van der Waals surface area contributed by atoms with Crippen LogP contribution in [0.4, 0.5) is 5.69 Å². The molecule has 0 spiro atoms. The van der Waals surface area contributed by atoms with Gasteiger partial charge >= 0.3 is 29.8 Å². The van der Waals surface area contributed by atoms with E-state index in [1.807, 2.05) is 12.1 Å². The van der Waals surface area contributed by atoms with E-state index >= 15 is 0 Å². The Kier molecular flexibility index (Phi) is 17.7. The molecule has 18 heteroatoms. The third-order valence-electron chi connectivity index (χ3n) is 7.80. The largest absolute Gasteiger partial charge is 0.480 e. The van der Waals surface area contributed by atoms with Crippen molar-refractivity contribution in [1.82, 2.24) is 24.9 Å². The predicted molar refractivity (Wildman–Crippen MR) is 179 cm³/mol. The minimum atomic E-state index is -1.08. The lowest BCUT2D eigenvalue weighted by atomic mass is 10.0. The molecule has 0 amide bonds. The fourth-order valence-corrected chi connectivity index (χ4v) is 5.56. The first-order valence-electron chi connectivity index (χ1n) is 15.6. The van der Waals surface area contributed by atoms with Gasteiger partial charge in [0.25, 0.3) is 0 Å². The number of unbranched alkanes of at least 4 members (excludes halogenated alkanes) is 1. The Morgan fingerprint density at radius 2 is 1.25 bits per heavy atom. The van der Waals surface area contributed by atoms with Crippen LogP contribution in [0, 0.1) is 0 Å². The summed E-state index contributed by atoms with van der Waals surface area (Å²) >= 11 is 5.35. The number of anilines is 1. The SMILES string of the molecule is N[C@@H](CCCCNC(=S)Nc1ccc(CC2CN(CC(=O)O)CCN(CC(=O)O)CCN(CC(=O)O)CCN2CC(=O)O)cc1)C(=O)O. The number of hydrogen-bond donors (Lipinski definition) is 8. The van der Waals surface area contributed by atoms with Crippen LogP contribution in [0.5, 0.6) is 0 Å². The number of nitrogens with two attached hydrogens (primary N) is 1. The van der Waals surface area contributed by atoms with Gasteiger partial charge in [0.2, 0.25) is 0 Å². The zero-order valence-corrected chi connectivity index (χ0v) is 27.6. The molecule has 0 saturated carbocycles. The molecule has 48 heavy (non-hydrogen) atoms. The molecule has 2 rings (SSSR count). The van der Waals surface area contributed by atoms with Crippen LogP contribution in [0.2, 0.25) is 0 Å². The molecule has 268 valence electrons. The lowest BCUT2D eigenvalue weighted by Gasteiger charge is -2.37. The van der Waals surface area contributed by atoms with E-state index in [2.05, 4.69) is 10.6 Å². The van der Waals surface area contributed by atoms with Crippen molar-refractivity contribution in [3.05, 3.63) is 29.8 Å².